The van der Waals surface area contributed by atoms with Gasteiger partial charge < -0.3 is 10.3 Å². The highest BCUT2D eigenvalue weighted by molar-refractivity contribution is 5.98. The molecule has 2 N–H and O–H groups in total. The Morgan fingerprint density at radius 3 is 2.74 bits per heavy atom. The molecule has 3 rings (SSSR count). The van der Waals surface area contributed by atoms with Gasteiger partial charge in [0, 0.05) is 41.8 Å². The molecule has 2 aromatic rings. The summed E-state index contributed by atoms with van der Waals surface area (Å²) < 4.78 is 0. The summed E-state index contributed by atoms with van der Waals surface area (Å²) in [6.07, 6.45) is 3.52. The second kappa shape index (κ2) is 4.53. The van der Waals surface area contributed by atoms with E-state index in [2.05, 4.69) is 29.1 Å². The van der Waals surface area contributed by atoms with Crippen molar-refractivity contribution in [1.82, 2.24) is 15.3 Å². The van der Waals surface area contributed by atoms with Gasteiger partial charge in [0.05, 0.1) is 5.56 Å². The molecule has 1 aliphatic heterocycles. The normalized spacial score (nSPS) is 18.3. The van der Waals surface area contributed by atoms with Crippen LogP contribution in [-0.2, 0) is 0 Å². The van der Waals surface area contributed by atoms with Gasteiger partial charge in [-0.3, -0.25) is 9.78 Å². The quantitative estimate of drug-likeness (QED) is 0.866. The maximum Gasteiger partial charge on any atom is 0.253 e. The Morgan fingerprint density at radius 1 is 1.32 bits per heavy atom. The summed E-state index contributed by atoms with van der Waals surface area (Å²) in [5.41, 5.74) is 3.87. The number of pyridine rings is 1. The van der Waals surface area contributed by atoms with Crippen LogP contribution in [0.15, 0.2) is 30.6 Å². The van der Waals surface area contributed by atoms with Crippen molar-refractivity contribution in [2.75, 3.05) is 6.54 Å². The molecule has 1 amide bonds. The first-order valence-electron chi connectivity index (χ1n) is 6.58. The van der Waals surface area contributed by atoms with Crippen molar-refractivity contribution in [2.24, 2.45) is 5.92 Å². The van der Waals surface area contributed by atoms with Crippen LogP contribution in [0.25, 0.3) is 11.3 Å². The molecule has 0 radical (unpaired) electrons. The van der Waals surface area contributed by atoms with E-state index in [0.29, 0.717) is 18.4 Å². The SMILES string of the molecule is CC(C)[C@H]1CNC(=O)c2cc(-c3ccncc3)[nH]c21. The average molecular weight is 255 g/mol. The number of carbonyl (C=O) groups is 1. The van der Waals surface area contributed by atoms with Crippen LogP contribution in [0.1, 0.15) is 35.8 Å². The summed E-state index contributed by atoms with van der Waals surface area (Å²) in [6, 6.07) is 5.83. The fourth-order valence-corrected chi connectivity index (χ4v) is 2.61. The highest BCUT2D eigenvalue weighted by atomic mass is 16.1. The van der Waals surface area contributed by atoms with E-state index in [4.69, 9.17) is 0 Å². The van der Waals surface area contributed by atoms with Gasteiger partial charge in [0.15, 0.2) is 0 Å². The molecule has 98 valence electrons. The lowest BCUT2D eigenvalue weighted by Crippen LogP contribution is -2.36. The molecule has 3 heterocycles. The molecule has 0 bridgehead atoms. The van der Waals surface area contributed by atoms with Crippen molar-refractivity contribution >= 4 is 5.91 Å². The molecule has 1 atom stereocenters. The molecule has 0 spiro atoms. The van der Waals surface area contributed by atoms with Gasteiger partial charge in [-0.25, -0.2) is 0 Å². The van der Waals surface area contributed by atoms with E-state index in [-0.39, 0.29) is 5.91 Å². The van der Waals surface area contributed by atoms with Crippen LogP contribution in [0.3, 0.4) is 0 Å². The Bertz CT molecular complexity index is 601. The lowest BCUT2D eigenvalue weighted by Gasteiger charge is -2.25. The van der Waals surface area contributed by atoms with Gasteiger partial charge in [-0.1, -0.05) is 13.8 Å². The van der Waals surface area contributed by atoms with Crippen molar-refractivity contribution in [1.29, 1.82) is 0 Å². The molecule has 1 aliphatic rings. The average Bonchev–Trinajstić information content (AvgIpc) is 2.85. The fraction of sp³-hybridized carbons (Fsp3) is 0.333. The predicted octanol–water partition coefficient (Wildman–Crippen LogP) is 2.56. The second-order valence-electron chi connectivity index (χ2n) is 5.31. The standard InChI is InChI=1S/C15H17N3O/c1-9(2)12-8-17-15(19)11-7-13(18-14(11)12)10-3-5-16-6-4-10/h3-7,9,12,18H,8H2,1-2H3,(H,17,19)/t12-/m1/s1. The smallest absolute Gasteiger partial charge is 0.253 e. The number of H-pyrrole nitrogens is 1. The monoisotopic (exact) mass is 255 g/mol. The molecule has 0 fully saturated rings. The van der Waals surface area contributed by atoms with E-state index < -0.39 is 0 Å². The Labute approximate surface area is 112 Å². The summed E-state index contributed by atoms with van der Waals surface area (Å²) >= 11 is 0. The number of aromatic nitrogens is 2. The van der Waals surface area contributed by atoms with Gasteiger partial charge in [-0.05, 0) is 24.1 Å². The lowest BCUT2D eigenvalue weighted by molar-refractivity contribution is 0.0936. The minimum atomic E-state index is 0.0171. The lowest BCUT2D eigenvalue weighted by atomic mass is 9.88. The van der Waals surface area contributed by atoms with E-state index in [1.165, 1.54) is 0 Å². The van der Waals surface area contributed by atoms with Crippen molar-refractivity contribution in [3.05, 3.63) is 41.9 Å². The number of aromatic amines is 1. The van der Waals surface area contributed by atoms with Crippen LogP contribution >= 0.6 is 0 Å². The van der Waals surface area contributed by atoms with E-state index in [0.717, 1.165) is 22.5 Å². The third-order valence-electron chi connectivity index (χ3n) is 3.74. The zero-order chi connectivity index (χ0) is 13.4. The van der Waals surface area contributed by atoms with Gasteiger partial charge in [-0.15, -0.1) is 0 Å². The highest BCUT2D eigenvalue weighted by Gasteiger charge is 2.29. The molecular weight excluding hydrogens is 238 g/mol. The zero-order valence-electron chi connectivity index (χ0n) is 11.1. The molecule has 0 saturated heterocycles. The Balaban J connectivity index is 2.08. The Kier molecular flexibility index (Phi) is 2.85. The summed E-state index contributed by atoms with van der Waals surface area (Å²) in [4.78, 5) is 19.4. The maximum absolute atomic E-state index is 12.0. The molecule has 2 aromatic heterocycles. The van der Waals surface area contributed by atoms with Gasteiger partial charge in [0.25, 0.3) is 5.91 Å². The van der Waals surface area contributed by atoms with Gasteiger partial charge in [0.2, 0.25) is 0 Å². The number of amides is 1. The van der Waals surface area contributed by atoms with Crippen LogP contribution in [0.5, 0.6) is 0 Å². The third kappa shape index (κ3) is 2.03. The molecule has 0 aliphatic carbocycles. The first kappa shape index (κ1) is 12.0. The highest BCUT2D eigenvalue weighted by Crippen LogP contribution is 2.32. The van der Waals surface area contributed by atoms with Crippen molar-refractivity contribution in [2.45, 2.75) is 19.8 Å². The summed E-state index contributed by atoms with van der Waals surface area (Å²) in [6.45, 7) is 5.07. The third-order valence-corrected chi connectivity index (χ3v) is 3.74. The van der Waals surface area contributed by atoms with Crippen LogP contribution in [0, 0.1) is 5.92 Å². The minimum Gasteiger partial charge on any atom is -0.357 e. The van der Waals surface area contributed by atoms with Gasteiger partial charge in [-0.2, -0.15) is 0 Å². The minimum absolute atomic E-state index is 0.0171. The number of nitrogens with zero attached hydrogens (tertiary/aromatic N) is 1. The van der Waals surface area contributed by atoms with E-state index in [9.17, 15) is 4.79 Å². The van der Waals surface area contributed by atoms with E-state index in [1.807, 2.05) is 18.2 Å². The predicted molar refractivity (Wildman–Crippen MR) is 73.9 cm³/mol. The van der Waals surface area contributed by atoms with Crippen LogP contribution in [0.2, 0.25) is 0 Å². The Hall–Kier alpha value is -2.10. The second-order valence-corrected chi connectivity index (χ2v) is 5.31. The first-order valence-corrected chi connectivity index (χ1v) is 6.58. The first-order chi connectivity index (χ1) is 9.16. The van der Waals surface area contributed by atoms with Crippen molar-refractivity contribution in [3.8, 4) is 11.3 Å². The number of fused-ring (bicyclic) bond motifs is 1. The Morgan fingerprint density at radius 2 is 2.05 bits per heavy atom. The topological polar surface area (TPSA) is 57.8 Å². The molecule has 4 nitrogen and oxygen atoms in total. The summed E-state index contributed by atoms with van der Waals surface area (Å²) in [7, 11) is 0. The zero-order valence-corrected chi connectivity index (χ0v) is 11.1. The van der Waals surface area contributed by atoms with Crippen LogP contribution < -0.4 is 5.32 Å². The number of nitrogens with one attached hydrogen (secondary N) is 2. The summed E-state index contributed by atoms with van der Waals surface area (Å²) in [5.74, 6) is 0.857. The van der Waals surface area contributed by atoms with E-state index >= 15 is 0 Å². The molecule has 0 aromatic carbocycles. The molecule has 0 saturated carbocycles. The van der Waals surface area contributed by atoms with Crippen molar-refractivity contribution in [3.63, 3.8) is 0 Å². The van der Waals surface area contributed by atoms with Crippen LogP contribution in [-0.4, -0.2) is 22.4 Å². The fourth-order valence-electron chi connectivity index (χ4n) is 2.61. The van der Waals surface area contributed by atoms with Gasteiger partial charge in [0.1, 0.15) is 0 Å². The number of hydrogen-bond donors (Lipinski definition) is 2. The number of carbonyl (C=O) groups excluding carboxylic acids is 1. The summed E-state index contributed by atoms with van der Waals surface area (Å²) in [5, 5.41) is 2.96. The van der Waals surface area contributed by atoms with Crippen molar-refractivity contribution < 1.29 is 4.79 Å². The molecular formula is C15H17N3O. The molecule has 4 heteroatoms. The maximum atomic E-state index is 12.0. The number of rotatable bonds is 2. The van der Waals surface area contributed by atoms with Crippen LogP contribution in [0.4, 0.5) is 0 Å². The van der Waals surface area contributed by atoms with E-state index in [1.54, 1.807) is 12.4 Å². The largest absolute Gasteiger partial charge is 0.357 e. The van der Waals surface area contributed by atoms with Gasteiger partial charge >= 0.3 is 0 Å². The molecule has 0 unspecified atom stereocenters. The molecule has 19 heavy (non-hydrogen) atoms. The number of hydrogen-bond acceptors (Lipinski definition) is 2.